The molecule has 1 aliphatic carbocycles. The van der Waals surface area contributed by atoms with Gasteiger partial charge in [0.2, 0.25) is 10.0 Å². The van der Waals surface area contributed by atoms with E-state index in [0.29, 0.717) is 0 Å². The molecule has 1 saturated carbocycles. The van der Waals surface area contributed by atoms with Crippen LogP contribution in [0.4, 0.5) is 0 Å². The highest BCUT2D eigenvalue weighted by Gasteiger charge is 2.27. The van der Waals surface area contributed by atoms with Gasteiger partial charge < -0.3 is 0 Å². The van der Waals surface area contributed by atoms with Crippen LogP contribution in [-0.2, 0) is 10.0 Å². The Balaban J connectivity index is 2.24. The molecule has 0 atom stereocenters. The van der Waals surface area contributed by atoms with Crippen LogP contribution in [0.5, 0.6) is 0 Å². The Morgan fingerprint density at radius 1 is 1.47 bits per heavy atom. The third-order valence-corrected chi connectivity index (χ3v) is 3.57. The smallest absolute Gasteiger partial charge is 0.242 e. The van der Waals surface area contributed by atoms with E-state index in [1.54, 1.807) is 0 Å². The molecule has 78 valence electrons. The number of aromatic nitrogens is 1. The van der Waals surface area contributed by atoms with Gasteiger partial charge in [0, 0.05) is 12.2 Å². The Bertz CT molecular complexity index is 497. The number of rotatable bonds is 3. The molecule has 5 nitrogen and oxygen atoms in total. The second-order valence-electron chi connectivity index (χ2n) is 3.39. The van der Waals surface area contributed by atoms with Gasteiger partial charge in [-0.05, 0) is 25.0 Å². The Morgan fingerprint density at radius 3 is 2.67 bits per heavy atom. The van der Waals surface area contributed by atoms with Crippen molar-refractivity contribution >= 4 is 10.0 Å². The fourth-order valence-electron chi connectivity index (χ4n) is 1.09. The first-order valence-electron chi connectivity index (χ1n) is 4.50. The monoisotopic (exact) mass is 223 g/mol. The van der Waals surface area contributed by atoms with E-state index in [9.17, 15) is 8.42 Å². The minimum atomic E-state index is -3.44. The number of nitrogens with one attached hydrogen (secondary N) is 1. The molecule has 1 aliphatic rings. The first-order valence-corrected chi connectivity index (χ1v) is 5.98. The molecule has 15 heavy (non-hydrogen) atoms. The zero-order chi connectivity index (χ0) is 10.9. The van der Waals surface area contributed by atoms with Crippen LogP contribution < -0.4 is 4.72 Å². The lowest BCUT2D eigenvalue weighted by Crippen LogP contribution is -2.25. The van der Waals surface area contributed by atoms with Crippen LogP contribution in [0.25, 0.3) is 0 Å². The van der Waals surface area contributed by atoms with Gasteiger partial charge in [-0.15, -0.1) is 0 Å². The molecule has 0 spiro atoms. The minimum Gasteiger partial charge on any atom is -0.244 e. The largest absolute Gasteiger partial charge is 0.244 e. The average Bonchev–Trinajstić information content (AvgIpc) is 3.01. The van der Waals surface area contributed by atoms with E-state index < -0.39 is 10.0 Å². The molecule has 0 unspecified atom stereocenters. The summed E-state index contributed by atoms with van der Waals surface area (Å²) in [5, 5.41) is 8.51. The zero-order valence-corrected chi connectivity index (χ0v) is 8.66. The van der Waals surface area contributed by atoms with Crippen molar-refractivity contribution in [3.63, 3.8) is 0 Å². The summed E-state index contributed by atoms with van der Waals surface area (Å²) in [4.78, 5) is 3.82. The summed E-state index contributed by atoms with van der Waals surface area (Å²) in [7, 11) is -3.44. The first-order chi connectivity index (χ1) is 7.12. The van der Waals surface area contributed by atoms with Gasteiger partial charge in [0.25, 0.3) is 0 Å². The second kappa shape index (κ2) is 3.61. The summed E-state index contributed by atoms with van der Waals surface area (Å²) in [5.41, 5.74) is 0.209. The molecular weight excluding hydrogens is 214 g/mol. The van der Waals surface area contributed by atoms with Gasteiger partial charge in [0.05, 0.1) is 0 Å². The minimum absolute atomic E-state index is 0.0747. The van der Waals surface area contributed by atoms with Crippen molar-refractivity contribution in [2.75, 3.05) is 0 Å². The summed E-state index contributed by atoms with van der Waals surface area (Å²) >= 11 is 0. The maximum Gasteiger partial charge on any atom is 0.242 e. The van der Waals surface area contributed by atoms with Gasteiger partial charge in [-0.3, -0.25) is 0 Å². The molecule has 0 aromatic carbocycles. The van der Waals surface area contributed by atoms with Gasteiger partial charge in [0.1, 0.15) is 16.7 Å². The topological polar surface area (TPSA) is 82.8 Å². The highest BCUT2D eigenvalue weighted by Crippen LogP contribution is 2.21. The summed E-state index contributed by atoms with van der Waals surface area (Å²) in [6, 6.07) is 4.68. The third-order valence-electron chi connectivity index (χ3n) is 2.06. The van der Waals surface area contributed by atoms with E-state index in [1.807, 2.05) is 6.07 Å². The molecular formula is C9H9N3O2S. The van der Waals surface area contributed by atoms with E-state index in [0.717, 1.165) is 12.8 Å². The van der Waals surface area contributed by atoms with E-state index in [4.69, 9.17) is 5.26 Å². The van der Waals surface area contributed by atoms with Crippen molar-refractivity contribution < 1.29 is 8.42 Å². The fraction of sp³-hybridized carbons (Fsp3) is 0.333. The average molecular weight is 223 g/mol. The molecule has 0 saturated heterocycles. The molecule has 0 aliphatic heterocycles. The van der Waals surface area contributed by atoms with E-state index in [1.165, 1.54) is 18.3 Å². The number of nitriles is 1. The Labute approximate surface area is 87.8 Å². The summed E-state index contributed by atoms with van der Waals surface area (Å²) in [6.07, 6.45) is 2.98. The normalized spacial score (nSPS) is 15.9. The SMILES string of the molecule is N#Cc1ccc(S(=O)(=O)NC2CC2)cn1. The lowest BCUT2D eigenvalue weighted by molar-refractivity contribution is 0.580. The first kappa shape index (κ1) is 10.1. The predicted molar refractivity (Wildman–Crippen MR) is 52.3 cm³/mol. The molecule has 0 amide bonds. The highest BCUT2D eigenvalue weighted by atomic mass is 32.2. The fourth-order valence-corrected chi connectivity index (χ4v) is 2.34. The maximum atomic E-state index is 11.6. The number of sulfonamides is 1. The molecule has 1 N–H and O–H groups in total. The number of pyridine rings is 1. The Hall–Kier alpha value is -1.45. The molecule has 1 aromatic rings. The van der Waals surface area contributed by atoms with Crippen molar-refractivity contribution in [1.82, 2.24) is 9.71 Å². The molecule has 1 fully saturated rings. The molecule has 1 aromatic heterocycles. The summed E-state index contributed by atoms with van der Waals surface area (Å²) in [5.74, 6) is 0. The number of hydrogen-bond acceptors (Lipinski definition) is 4. The van der Waals surface area contributed by atoms with Crippen molar-refractivity contribution in [3.05, 3.63) is 24.0 Å². The zero-order valence-electron chi connectivity index (χ0n) is 7.84. The molecule has 0 bridgehead atoms. The van der Waals surface area contributed by atoms with Gasteiger partial charge in [0.15, 0.2) is 0 Å². The van der Waals surface area contributed by atoms with Crippen LogP contribution in [0.1, 0.15) is 18.5 Å². The third kappa shape index (κ3) is 2.32. The van der Waals surface area contributed by atoms with Gasteiger partial charge in [-0.1, -0.05) is 0 Å². The summed E-state index contributed by atoms with van der Waals surface area (Å²) < 4.78 is 25.8. The van der Waals surface area contributed by atoms with E-state index in [-0.39, 0.29) is 16.6 Å². The number of hydrogen-bond donors (Lipinski definition) is 1. The van der Waals surface area contributed by atoms with Crippen molar-refractivity contribution in [3.8, 4) is 6.07 Å². The van der Waals surface area contributed by atoms with Crippen LogP contribution >= 0.6 is 0 Å². The van der Waals surface area contributed by atoms with Crippen molar-refractivity contribution in [1.29, 1.82) is 5.26 Å². The molecule has 0 radical (unpaired) electrons. The molecule has 6 heteroatoms. The highest BCUT2D eigenvalue weighted by molar-refractivity contribution is 7.89. The van der Waals surface area contributed by atoms with Gasteiger partial charge >= 0.3 is 0 Å². The Morgan fingerprint density at radius 2 is 2.20 bits per heavy atom. The number of nitrogens with zero attached hydrogens (tertiary/aromatic N) is 2. The Kier molecular flexibility index (Phi) is 2.42. The van der Waals surface area contributed by atoms with E-state index >= 15 is 0 Å². The predicted octanol–water partition coefficient (Wildman–Crippen LogP) is 0.394. The van der Waals surface area contributed by atoms with E-state index in [2.05, 4.69) is 9.71 Å². The molecule has 1 heterocycles. The van der Waals surface area contributed by atoms with Gasteiger partial charge in [-0.25, -0.2) is 18.1 Å². The summed E-state index contributed by atoms with van der Waals surface area (Å²) in [6.45, 7) is 0. The maximum absolute atomic E-state index is 11.6. The van der Waals surface area contributed by atoms with Crippen LogP contribution in [-0.4, -0.2) is 19.4 Å². The lowest BCUT2D eigenvalue weighted by atomic mass is 10.4. The van der Waals surface area contributed by atoms with Crippen LogP contribution in [0.2, 0.25) is 0 Å². The second-order valence-corrected chi connectivity index (χ2v) is 5.10. The van der Waals surface area contributed by atoms with Crippen molar-refractivity contribution in [2.24, 2.45) is 0 Å². The van der Waals surface area contributed by atoms with Crippen molar-refractivity contribution in [2.45, 2.75) is 23.8 Å². The van der Waals surface area contributed by atoms with Crippen LogP contribution in [0.3, 0.4) is 0 Å². The molecule has 2 rings (SSSR count). The van der Waals surface area contributed by atoms with Crippen LogP contribution in [0.15, 0.2) is 23.2 Å². The van der Waals surface area contributed by atoms with Crippen LogP contribution in [0, 0.1) is 11.3 Å². The quantitative estimate of drug-likeness (QED) is 0.803. The standard InChI is InChI=1S/C9H9N3O2S/c10-5-8-3-4-9(6-11-8)15(13,14)12-7-1-2-7/h3-4,6-7,12H,1-2H2. The van der Waals surface area contributed by atoms with Gasteiger partial charge in [-0.2, -0.15) is 5.26 Å². The lowest BCUT2D eigenvalue weighted by Gasteiger charge is -2.03.